The predicted octanol–water partition coefficient (Wildman–Crippen LogP) is 2.58. The quantitative estimate of drug-likeness (QED) is 0.800. The minimum atomic E-state index is -0.249. The predicted molar refractivity (Wildman–Crippen MR) is 70.9 cm³/mol. The van der Waals surface area contributed by atoms with E-state index < -0.39 is 0 Å². The van der Waals surface area contributed by atoms with Crippen LogP contribution in [0.15, 0.2) is 36.9 Å². The third kappa shape index (κ3) is 4.57. The number of halogens is 1. The molecule has 1 N–H and O–H groups in total. The van der Waals surface area contributed by atoms with Crippen molar-refractivity contribution in [3.05, 3.63) is 48.3 Å². The lowest BCUT2D eigenvalue weighted by Crippen LogP contribution is -2.42. The summed E-state index contributed by atoms with van der Waals surface area (Å²) in [5.74, 6) is -0.249. The smallest absolute Gasteiger partial charge is 0.317 e. The summed E-state index contributed by atoms with van der Waals surface area (Å²) in [6.07, 6.45) is 2.35. The summed E-state index contributed by atoms with van der Waals surface area (Å²) in [4.78, 5) is 13.2. The molecule has 4 heteroatoms. The molecule has 3 nitrogen and oxygen atoms in total. The Morgan fingerprint density at radius 2 is 2.11 bits per heavy atom. The molecule has 1 aromatic rings. The lowest BCUT2D eigenvalue weighted by molar-refractivity contribution is 0.209. The van der Waals surface area contributed by atoms with Gasteiger partial charge < -0.3 is 10.2 Å². The van der Waals surface area contributed by atoms with Gasteiger partial charge in [0, 0.05) is 19.6 Å². The maximum Gasteiger partial charge on any atom is 0.317 e. The van der Waals surface area contributed by atoms with E-state index in [2.05, 4.69) is 11.9 Å². The van der Waals surface area contributed by atoms with E-state index in [1.54, 1.807) is 30.2 Å². The lowest BCUT2D eigenvalue weighted by Gasteiger charge is -2.20. The molecule has 0 saturated carbocycles. The Balaban J connectivity index is 2.46. The van der Waals surface area contributed by atoms with Crippen molar-refractivity contribution >= 4 is 6.03 Å². The number of carbonyl (C=O) groups is 1. The highest BCUT2D eigenvalue weighted by molar-refractivity contribution is 5.74. The molecule has 0 aliphatic carbocycles. The molecule has 1 aromatic carbocycles. The summed E-state index contributed by atoms with van der Waals surface area (Å²) in [7, 11) is 1.71. The van der Waals surface area contributed by atoms with Gasteiger partial charge in [0.2, 0.25) is 0 Å². The molecular weight excluding hydrogens is 231 g/mol. The van der Waals surface area contributed by atoms with Crippen LogP contribution in [0.1, 0.15) is 12.5 Å². The fraction of sp³-hybridized carbons (Fsp3) is 0.357. The molecule has 0 aliphatic heterocycles. The number of carbonyl (C=O) groups excluding carboxylic acids is 1. The van der Waals surface area contributed by atoms with Crippen LogP contribution in [0, 0.1) is 5.82 Å². The number of nitrogens with zero attached hydrogens (tertiary/aromatic N) is 1. The Labute approximate surface area is 107 Å². The van der Waals surface area contributed by atoms with Crippen molar-refractivity contribution in [2.24, 2.45) is 0 Å². The average Bonchev–Trinajstić information content (AvgIpc) is 2.32. The highest BCUT2D eigenvalue weighted by Crippen LogP contribution is 2.05. The molecule has 0 aromatic heterocycles. The Morgan fingerprint density at radius 3 is 2.67 bits per heavy atom. The van der Waals surface area contributed by atoms with Crippen LogP contribution in [0.4, 0.5) is 9.18 Å². The molecule has 0 unspecified atom stereocenters. The second-order valence-electron chi connectivity index (χ2n) is 4.35. The highest BCUT2D eigenvalue weighted by atomic mass is 19.1. The number of rotatable bonds is 5. The number of likely N-dealkylation sites (N-methyl/N-ethyl adjacent to an activating group) is 1. The first kappa shape index (κ1) is 14.2. The van der Waals surface area contributed by atoms with Gasteiger partial charge in [-0.15, -0.1) is 6.58 Å². The third-order valence-corrected chi connectivity index (χ3v) is 2.57. The minimum Gasteiger partial charge on any atom is -0.335 e. The van der Waals surface area contributed by atoms with Crippen LogP contribution in [0.2, 0.25) is 0 Å². The van der Waals surface area contributed by atoms with Crippen molar-refractivity contribution in [3.63, 3.8) is 0 Å². The van der Waals surface area contributed by atoms with Crippen LogP contribution in [-0.2, 0) is 6.42 Å². The number of nitrogens with one attached hydrogen (secondary N) is 1. The Hall–Kier alpha value is -1.84. The molecule has 0 aliphatic rings. The molecule has 0 saturated heterocycles. The highest BCUT2D eigenvalue weighted by Gasteiger charge is 2.11. The summed E-state index contributed by atoms with van der Waals surface area (Å²) in [6, 6.07) is 6.16. The molecule has 0 radical (unpaired) electrons. The molecule has 98 valence electrons. The van der Waals surface area contributed by atoms with E-state index in [1.165, 1.54) is 12.1 Å². The SMILES string of the molecule is C=CCN(C)C(=O)N[C@@H](C)Cc1ccc(F)cc1. The molecule has 1 rings (SSSR count). The monoisotopic (exact) mass is 250 g/mol. The van der Waals surface area contributed by atoms with Crippen LogP contribution >= 0.6 is 0 Å². The van der Waals surface area contributed by atoms with Gasteiger partial charge >= 0.3 is 6.03 Å². The van der Waals surface area contributed by atoms with Gasteiger partial charge in [0.15, 0.2) is 0 Å². The molecule has 0 spiro atoms. The first-order valence-electron chi connectivity index (χ1n) is 5.90. The first-order valence-corrected chi connectivity index (χ1v) is 5.90. The Kier molecular flexibility index (Phi) is 5.36. The van der Waals surface area contributed by atoms with E-state index in [9.17, 15) is 9.18 Å². The summed E-state index contributed by atoms with van der Waals surface area (Å²) in [5, 5.41) is 2.87. The van der Waals surface area contributed by atoms with E-state index in [1.807, 2.05) is 6.92 Å². The number of benzene rings is 1. The van der Waals surface area contributed by atoms with Crippen LogP contribution < -0.4 is 5.32 Å². The van der Waals surface area contributed by atoms with Crippen molar-refractivity contribution < 1.29 is 9.18 Å². The maximum atomic E-state index is 12.7. The van der Waals surface area contributed by atoms with Crippen molar-refractivity contribution in [1.29, 1.82) is 0 Å². The zero-order chi connectivity index (χ0) is 13.5. The third-order valence-electron chi connectivity index (χ3n) is 2.57. The van der Waals surface area contributed by atoms with Crippen LogP contribution in [-0.4, -0.2) is 30.6 Å². The van der Waals surface area contributed by atoms with Gasteiger partial charge in [-0.2, -0.15) is 0 Å². The zero-order valence-corrected chi connectivity index (χ0v) is 10.8. The number of hydrogen-bond acceptors (Lipinski definition) is 1. The van der Waals surface area contributed by atoms with E-state index in [4.69, 9.17) is 0 Å². The van der Waals surface area contributed by atoms with E-state index >= 15 is 0 Å². The summed E-state index contributed by atoms with van der Waals surface area (Å²) in [5.41, 5.74) is 0.996. The number of hydrogen-bond donors (Lipinski definition) is 1. The van der Waals surface area contributed by atoms with Crippen LogP contribution in [0.3, 0.4) is 0 Å². The zero-order valence-electron chi connectivity index (χ0n) is 10.8. The molecule has 0 bridgehead atoms. The van der Waals surface area contributed by atoms with Gasteiger partial charge in [-0.3, -0.25) is 0 Å². The topological polar surface area (TPSA) is 32.3 Å². The second kappa shape index (κ2) is 6.79. The van der Waals surface area contributed by atoms with Gasteiger partial charge in [-0.25, -0.2) is 9.18 Å². The maximum absolute atomic E-state index is 12.7. The van der Waals surface area contributed by atoms with Gasteiger partial charge in [-0.05, 0) is 31.0 Å². The van der Waals surface area contributed by atoms with Gasteiger partial charge in [0.1, 0.15) is 5.82 Å². The minimum absolute atomic E-state index is 0.00442. The van der Waals surface area contributed by atoms with Gasteiger partial charge in [-0.1, -0.05) is 18.2 Å². The van der Waals surface area contributed by atoms with E-state index in [0.717, 1.165) is 5.56 Å². The van der Waals surface area contributed by atoms with Crippen LogP contribution in [0.5, 0.6) is 0 Å². The normalized spacial score (nSPS) is 11.7. The summed E-state index contributed by atoms with van der Waals surface area (Å²) in [6.45, 7) is 6.01. The fourth-order valence-electron chi connectivity index (χ4n) is 1.62. The van der Waals surface area contributed by atoms with Crippen molar-refractivity contribution in [2.45, 2.75) is 19.4 Å². The second-order valence-corrected chi connectivity index (χ2v) is 4.35. The number of urea groups is 1. The van der Waals surface area contributed by atoms with Crippen molar-refractivity contribution in [3.8, 4) is 0 Å². The molecule has 1 atom stereocenters. The summed E-state index contributed by atoms with van der Waals surface area (Å²) < 4.78 is 12.7. The van der Waals surface area contributed by atoms with Gasteiger partial charge in [0.05, 0.1) is 0 Å². The Morgan fingerprint density at radius 1 is 1.50 bits per heavy atom. The lowest BCUT2D eigenvalue weighted by atomic mass is 10.1. The average molecular weight is 250 g/mol. The molecular formula is C14H19FN2O. The summed E-state index contributed by atoms with van der Waals surface area (Å²) >= 11 is 0. The van der Waals surface area contributed by atoms with Crippen LogP contribution in [0.25, 0.3) is 0 Å². The largest absolute Gasteiger partial charge is 0.335 e. The van der Waals surface area contributed by atoms with Crippen molar-refractivity contribution in [2.75, 3.05) is 13.6 Å². The van der Waals surface area contributed by atoms with Crippen molar-refractivity contribution in [1.82, 2.24) is 10.2 Å². The molecule has 0 heterocycles. The fourth-order valence-corrected chi connectivity index (χ4v) is 1.62. The van der Waals surface area contributed by atoms with Gasteiger partial charge in [0.25, 0.3) is 0 Å². The standard InChI is InChI=1S/C14H19FN2O/c1-4-9-17(3)14(18)16-11(2)10-12-5-7-13(15)8-6-12/h4-8,11H,1,9-10H2,2-3H3,(H,16,18)/t11-/m0/s1. The van der Waals surface area contributed by atoms with E-state index in [-0.39, 0.29) is 17.9 Å². The number of amides is 2. The first-order chi connectivity index (χ1) is 8.52. The van der Waals surface area contributed by atoms with E-state index in [0.29, 0.717) is 13.0 Å². The molecule has 18 heavy (non-hydrogen) atoms. The Bertz CT molecular complexity index is 403. The molecule has 0 fully saturated rings. The molecule has 2 amide bonds.